The summed E-state index contributed by atoms with van der Waals surface area (Å²) < 4.78 is 5.28. The van der Waals surface area contributed by atoms with E-state index in [2.05, 4.69) is 17.4 Å². The van der Waals surface area contributed by atoms with Gasteiger partial charge in [-0.3, -0.25) is 4.79 Å². The zero-order valence-electron chi connectivity index (χ0n) is 17.2. The number of benzene rings is 2. The van der Waals surface area contributed by atoms with Crippen LogP contribution in [-0.2, 0) is 24.1 Å². The van der Waals surface area contributed by atoms with Crippen LogP contribution in [0.5, 0.6) is 5.75 Å². The monoisotopic (exact) mass is 408 g/mol. The third-order valence-electron chi connectivity index (χ3n) is 5.72. The first-order valence-electron chi connectivity index (χ1n) is 10.5. The van der Waals surface area contributed by atoms with Crippen LogP contribution in [0.3, 0.4) is 0 Å². The summed E-state index contributed by atoms with van der Waals surface area (Å²) in [5, 5.41) is 6.56. The summed E-state index contributed by atoms with van der Waals surface area (Å²) in [7, 11) is 1.67. The first kappa shape index (κ1) is 19.9. The van der Waals surface area contributed by atoms with Crippen molar-refractivity contribution in [2.24, 2.45) is 0 Å². The van der Waals surface area contributed by atoms with E-state index in [-0.39, 0.29) is 11.8 Å². The van der Waals surface area contributed by atoms with Crippen molar-refractivity contribution in [1.82, 2.24) is 10.3 Å². The van der Waals surface area contributed by atoms with E-state index < -0.39 is 0 Å². The van der Waals surface area contributed by atoms with Crippen LogP contribution in [-0.4, -0.2) is 24.5 Å². The molecule has 152 valence electrons. The van der Waals surface area contributed by atoms with Gasteiger partial charge in [0.25, 0.3) is 0 Å². The summed E-state index contributed by atoms with van der Waals surface area (Å²) in [5.74, 6) is 0.752. The van der Waals surface area contributed by atoms with Gasteiger partial charge in [0.2, 0.25) is 5.91 Å². The second-order valence-corrected chi connectivity index (χ2v) is 8.94. The molecule has 0 unspecified atom stereocenters. The summed E-state index contributed by atoms with van der Waals surface area (Å²) >= 11 is 1.87. The first-order chi connectivity index (χ1) is 14.1. The largest absolute Gasteiger partial charge is 0.497 e. The van der Waals surface area contributed by atoms with Gasteiger partial charge in [-0.05, 0) is 67.5 Å². The molecule has 3 aromatic rings. The molecule has 1 N–H and O–H groups in total. The zero-order chi connectivity index (χ0) is 20.2. The predicted octanol–water partition coefficient (Wildman–Crippen LogP) is 5.04. The van der Waals surface area contributed by atoms with Crippen LogP contribution in [0, 0.1) is 0 Å². The fourth-order valence-electron chi connectivity index (χ4n) is 3.91. The number of fused-ring (bicyclic) bond motifs is 2. The summed E-state index contributed by atoms with van der Waals surface area (Å²) in [4.78, 5) is 18.9. The average molecular weight is 409 g/mol. The van der Waals surface area contributed by atoms with E-state index in [0.717, 1.165) is 41.3 Å². The lowest BCUT2D eigenvalue weighted by Gasteiger charge is -2.13. The van der Waals surface area contributed by atoms with Crippen LogP contribution in [0.25, 0.3) is 10.8 Å². The van der Waals surface area contributed by atoms with Gasteiger partial charge in [0, 0.05) is 17.8 Å². The number of methoxy groups -OCH3 is 1. The maximum atomic E-state index is 12.6. The van der Waals surface area contributed by atoms with Crippen LogP contribution in [0.15, 0.2) is 36.4 Å². The van der Waals surface area contributed by atoms with Gasteiger partial charge in [-0.25, -0.2) is 4.98 Å². The molecule has 1 aliphatic carbocycles. The van der Waals surface area contributed by atoms with Crippen molar-refractivity contribution in [3.8, 4) is 5.75 Å². The van der Waals surface area contributed by atoms with Crippen molar-refractivity contribution in [1.29, 1.82) is 0 Å². The number of hydrogen-bond acceptors (Lipinski definition) is 4. The topological polar surface area (TPSA) is 51.2 Å². The number of carbonyl (C=O) groups is 1. The highest BCUT2D eigenvalue weighted by atomic mass is 32.1. The lowest BCUT2D eigenvalue weighted by Crippen LogP contribution is -2.29. The molecule has 4 rings (SSSR count). The number of nitrogens with zero attached hydrogens (tertiary/aromatic N) is 1. The molecule has 1 aromatic heterocycles. The Hall–Kier alpha value is -2.40. The van der Waals surface area contributed by atoms with Crippen LogP contribution in [0.4, 0.5) is 0 Å². The molecule has 0 saturated carbocycles. The molecule has 0 aliphatic heterocycles. The Balaban J connectivity index is 1.30. The van der Waals surface area contributed by atoms with Crippen molar-refractivity contribution in [3.63, 3.8) is 0 Å². The number of aromatic nitrogens is 1. The van der Waals surface area contributed by atoms with Crippen molar-refractivity contribution >= 4 is 28.0 Å². The highest BCUT2D eigenvalue weighted by Crippen LogP contribution is 2.27. The lowest BCUT2D eigenvalue weighted by atomic mass is 9.97. The number of rotatable bonds is 7. The molecule has 0 spiro atoms. The standard InChI is InChI=1S/C24H28N2O2S/c1-16(17-9-10-19-15-20(28-2)12-11-18(19)14-17)24(27)25-13-5-8-23-26-21-6-3-4-7-22(21)29-23/h9-12,14-16H,3-8,13H2,1-2H3,(H,25,27)/t16-/m0/s1. The van der Waals surface area contributed by atoms with Gasteiger partial charge in [0.05, 0.1) is 23.7 Å². The number of amides is 1. The van der Waals surface area contributed by atoms with Gasteiger partial charge < -0.3 is 10.1 Å². The van der Waals surface area contributed by atoms with E-state index in [1.54, 1.807) is 7.11 Å². The molecular weight excluding hydrogens is 380 g/mol. The van der Waals surface area contributed by atoms with Crippen molar-refractivity contribution < 1.29 is 9.53 Å². The maximum Gasteiger partial charge on any atom is 0.227 e. The minimum absolute atomic E-state index is 0.0799. The van der Waals surface area contributed by atoms with E-state index in [4.69, 9.17) is 9.72 Å². The number of carbonyl (C=O) groups excluding carboxylic acids is 1. The van der Waals surface area contributed by atoms with Crippen molar-refractivity contribution in [3.05, 3.63) is 57.5 Å². The Kier molecular flexibility index (Phi) is 6.14. The second kappa shape index (κ2) is 8.95. The number of nitrogens with one attached hydrogen (secondary N) is 1. The number of ether oxygens (including phenoxy) is 1. The summed E-state index contributed by atoms with van der Waals surface area (Å²) in [6, 6.07) is 12.2. The van der Waals surface area contributed by atoms with Gasteiger partial charge in [0.15, 0.2) is 0 Å². The average Bonchev–Trinajstić information content (AvgIpc) is 3.18. The lowest BCUT2D eigenvalue weighted by molar-refractivity contribution is -0.122. The van der Waals surface area contributed by atoms with Gasteiger partial charge in [-0.2, -0.15) is 0 Å². The van der Waals surface area contributed by atoms with Crippen molar-refractivity contribution in [2.45, 2.75) is 51.4 Å². The van der Waals surface area contributed by atoms with Crippen LogP contribution >= 0.6 is 11.3 Å². The fourth-order valence-corrected chi connectivity index (χ4v) is 5.11. The molecule has 0 radical (unpaired) electrons. The van der Waals surface area contributed by atoms with E-state index >= 15 is 0 Å². The van der Waals surface area contributed by atoms with E-state index in [1.165, 1.54) is 34.8 Å². The highest BCUT2D eigenvalue weighted by Gasteiger charge is 2.17. The van der Waals surface area contributed by atoms with Crippen LogP contribution < -0.4 is 10.1 Å². The second-order valence-electron chi connectivity index (χ2n) is 7.77. The number of thiazole rings is 1. The molecule has 29 heavy (non-hydrogen) atoms. The quantitative estimate of drug-likeness (QED) is 0.558. The SMILES string of the molecule is COc1ccc2cc([C@H](C)C(=O)NCCCc3nc4c(s3)CCCC4)ccc2c1. The smallest absolute Gasteiger partial charge is 0.227 e. The number of hydrogen-bond donors (Lipinski definition) is 1. The highest BCUT2D eigenvalue weighted by molar-refractivity contribution is 7.11. The normalized spacial score (nSPS) is 14.4. The zero-order valence-corrected chi connectivity index (χ0v) is 18.0. The van der Waals surface area contributed by atoms with Gasteiger partial charge in [-0.1, -0.05) is 24.3 Å². The molecule has 1 amide bonds. The number of aryl methyl sites for hydroxylation is 3. The molecule has 0 fully saturated rings. The molecule has 1 aliphatic rings. The predicted molar refractivity (Wildman–Crippen MR) is 119 cm³/mol. The molecule has 0 saturated heterocycles. The van der Waals surface area contributed by atoms with Crippen molar-refractivity contribution in [2.75, 3.05) is 13.7 Å². The van der Waals surface area contributed by atoms with E-state index in [0.29, 0.717) is 6.54 Å². The van der Waals surface area contributed by atoms with Crippen LogP contribution in [0.2, 0.25) is 0 Å². The van der Waals surface area contributed by atoms with Gasteiger partial charge >= 0.3 is 0 Å². The first-order valence-corrected chi connectivity index (χ1v) is 11.3. The summed E-state index contributed by atoms with van der Waals surface area (Å²) in [6.07, 6.45) is 6.78. The molecule has 0 bridgehead atoms. The minimum Gasteiger partial charge on any atom is -0.497 e. The molecule has 1 atom stereocenters. The Morgan fingerprint density at radius 3 is 2.79 bits per heavy atom. The van der Waals surface area contributed by atoms with Gasteiger partial charge in [0.1, 0.15) is 5.75 Å². The summed E-state index contributed by atoms with van der Waals surface area (Å²) in [5.41, 5.74) is 2.36. The van der Waals surface area contributed by atoms with Crippen LogP contribution in [0.1, 0.15) is 53.2 Å². The third-order valence-corrected chi connectivity index (χ3v) is 6.94. The molecule has 1 heterocycles. The molecule has 2 aromatic carbocycles. The van der Waals surface area contributed by atoms with E-state index in [9.17, 15) is 4.79 Å². The van der Waals surface area contributed by atoms with E-state index in [1.807, 2.05) is 42.5 Å². The Bertz CT molecular complexity index is 988. The Morgan fingerprint density at radius 2 is 1.97 bits per heavy atom. The molecule has 4 nitrogen and oxygen atoms in total. The third kappa shape index (κ3) is 4.61. The Morgan fingerprint density at radius 1 is 1.17 bits per heavy atom. The Labute approximate surface area is 176 Å². The fraction of sp³-hybridized carbons (Fsp3) is 0.417. The molecular formula is C24H28N2O2S. The molecule has 5 heteroatoms. The minimum atomic E-state index is -0.173. The summed E-state index contributed by atoms with van der Waals surface area (Å²) in [6.45, 7) is 2.66. The van der Waals surface area contributed by atoms with Gasteiger partial charge in [-0.15, -0.1) is 11.3 Å². The maximum absolute atomic E-state index is 12.6.